The summed E-state index contributed by atoms with van der Waals surface area (Å²) in [5.41, 5.74) is 0. The van der Waals surface area contributed by atoms with Gasteiger partial charge < -0.3 is 5.11 Å². The third-order valence-corrected chi connectivity index (χ3v) is 0.853. The largest absolute Gasteiger partial charge is 0.477 e. The summed E-state index contributed by atoms with van der Waals surface area (Å²) >= 11 is 0. The Morgan fingerprint density at radius 1 is 1.00 bits per heavy atom. The van der Waals surface area contributed by atoms with Crippen LogP contribution in [0.4, 0.5) is 8.78 Å². The summed E-state index contributed by atoms with van der Waals surface area (Å²) in [7, 11) is 0. The minimum Gasteiger partial charge on any atom is -0.477 e. The Bertz CT molecular complexity index is 185. The van der Waals surface area contributed by atoms with E-state index in [9.17, 15) is 8.78 Å². The van der Waals surface area contributed by atoms with Crippen molar-refractivity contribution in [3.8, 4) is 0 Å². The van der Waals surface area contributed by atoms with Crippen molar-refractivity contribution in [1.29, 1.82) is 0 Å². The molecule has 0 saturated carbocycles. The molecule has 0 heterocycles. The maximum atomic E-state index is 10.6. The monoisotopic (exact) mass is 174 g/mol. The lowest BCUT2D eigenvalue weighted by Crippen LogP contribution is -2.06. The molecule has 0 fully saturated rings. The van der Waals surface area contributed by atoms with Crippen LogP contribution < -0.4 is 0 Å². The first-order chi connectivity index (χ1) is 5.64. The number of carboxylic acid groups (broad SMARTS) is 1. The van der Waals surface area contributed by atoms with Crippen LogP contribution in [0, 0.1) is 0 Å². The molecule has 2 nitrogen and oxygen atoms in total. The number of hydrogen-bond donors (Lipinski definition) is 1. The van der Waals surface area contributed by atoms with Gasteiger partial charge in [-0.25, -0.2) is 4.79 Å². The number of rotatable bonds is 1. The molecule has 0 aliphatic rings. The summed E-state index contributed by atoms with van der Waals surface area (Å²) in [6.07, 6.45) is -3.23. The van der Waals surface area contributed by atoms with Crippen LogP contribution in [0.25, 0.3) is 0 Å². The molecule has 12 heavy (non-hydrogen) atoms. The summed E-state index contributed by atoms with van der Waals surface area (Å²) < 4.78 is 21.1. The normalized spacial score (nSPS) is 8.58. The minimum atomic E-state index is -3.23. The van der Waals surface area contributed by atoms with Crippen molar-refractivity contribution >= 4 is 5.97 Å². The van der Waals surface area contributed by atoms with Gasteiger partial charge in [0.2, 0.25) is 0 Å². The van der Waals surface area contributed by atoms with Crippen LogP contribution in [0.1, 0.15) is 0 Å². The fraction of sp³-hybridized carbons (Fsp3) is 0.125. The lowest BCUT2D eigenvalue weighted by molar-refractivity contribution is -0.149. The Kier molecular flexibility index (Phi) is 5.51. The molecule has 0 aliphatic heterocycles. The molecule has 0 atom stereocenters. The van der Waals surface area contributed by atoms with E-state index in [1.807, 2.05) is 36.4 Å². The van der Waals surface area contributed by atoms with E-state index in [-0.39, 0.29) is 0 Å². The van der Waals surface area contributed by atoms with Crippen LogP contribution in [-0.4, -0.2) is 17.5 Å². The average molecular weight is 174 g/mol. The Balaban J connectivity index is 0.000000202. The van der Waals surface area contributed by atoms with Crippen molar-refractivity contribution < 1.29 is 18.7 Å². The second-order valence-corrected chi connectivity index (χ2v) is 1.79. The maximum Gasteiger partial charge on any atom is 0.371 e. The molecule has 4 heteroatoms. The fourth-order valence-electron chi connectivity index (χ4n) is 0.385. The second kappa shape index (κ2) is 6.27. The van der Waals surface area contributed by atoms with Crippen LogP contribution in [0.2, 0.25) is 0 Å². The van der Waals surface area contributed by atoms with Crippen LogP contribution in [0.15, 0.2) is 36.4 Å². The number of hydrogen-bond acceptors (Lipinski definition) is 1. The van der Waals surface area contributed by atoms with Gasteiger partial charge in [-0.3, -0.25) is 0 Å². The molecule has 0 saturated heterocycles. The van der Waals surface area contributed by atoms with Crippen LogP contribution in [0.3, 0.4) is 0 Å². The van der Waals surface area contributed by atoms with Crippen molar-refractivity contribution in [1.82, 2.24) is 0 Å². The first-order valence-corrected chi connectivity index (χ1v) is 3.15. The molecule has 0 bridgehead atoms. The topological polar surface area (TPSA) is 37.3 Å². The van der Waals surface area contributed by atoms with Gasteiger partial charge in [0.1, 0.15) is 0 Å². The van der Waals surface area contributed by atoms with Crippen LogP contribution in [0.5, 0.6) is 0 Å². The highest BCUT2D eigenvalue weighted by Crippen LogP contribution is 1.87. The molecule has 1 aromatic carbocycles. The molecule has 0 amide bonds. The zero-order valence-corrected chi connectivity index (χ0v) is 6.15. The number of alkyl halides is 2. The maximum absolute atomic E-state index is 10.6. The molecular formula is C8H8F2O2. The highest BCUT2D eigenvalue weighted by molar-refractivity contribution is 5.70. The summed E-state index contributed by atoms with van der Waals surface area (Å²) in [5.74, 6) is -2.07. The predicted molar refractivity (Wildman–Crippen MR) is 40.1 cm³/mol. The van der Waals surface area contributed by atoms with Crippen molar-refractivity contribution in [2.24, 2.45) is 0 Å². The molecule has 1 aromatic rings. The van der Waals surface area contributed by atoms with Gasteiger partial charge >= 0.3 is 12.4 Å². The van der Waals surface area contributed by atoms with Crippen molar-refractivity contribution in [3.05, 3.63) is 36.4 Å². The van der Waals surface area contributed by atoms with Crippen molar-refractivity contribution in [3.63, 3.8) is 0 Å². The Hall–Kier alpha value is -1.45. The molecule has 0 spiro atoms. The summed E-state index contributed by atoms with van der Waals surface area (Å²) in [6.45, 7) is 0. The lowest BCUT2D eigenvalue weighted by Gasteiger charge is -1.81. The SMILES string of the molecule is O=C(O)C(F)F.c1ccccc1. The fourth-order valence-corrected chi connectivity index (χ4v) is 0.385. The first kappa shape index (κ1) is 10.6. The Morgan fingerprint density at radius 3 is 1.25 bits per heavy atom. The lowest BCUT2D eigenvalue weighted by atomic mass is 10.4. The van der Waals surface area contributed by atoms with Gasteiger partial charge in [-0.2, -0.15) is 8.78 Å². The highest BCUT2D eigenvalue weighted by atomic mass is 19.3. The van der Waals surface area contributed by atoms with Crippen LogP contribution in [-0.2, 0) is 4.79 Å². The molecule has 0 aliphatic carbocycles. The molecule has 1 N–H and O–H groups in total. The quantitative estimate of drug-likeness (QED) is 0.707. The summed E-state index contributed by atoms with van der Waals surface area (Å²) in [6, 6.07) is 12.0. The van der Waals surface area contributed by atoms with Gasteiger partial charge in [0.25, 0.3) is 0 Å². The van der Waals surface area contributed by atoms with E-state index in [1.54, 1.807) is 0 Å². The smallest absolute Gasteiger partial charge is 0.371 e. The number of halogens is 2. The van der Waals surface area contributed by atoms with E-state index in [0.29, 0.717) is 0 Å². The average Bonchev–Trinajstić information content (AvgIpc) is 2.08. The standard InChI is InChI=1S/C6H6.C2H2F2O2/c1-2-4-6-5-3-1;3-1(4)2(5)6/h1-6H;1H,(H,5,6). The number of benzene rings is 1. The van der Waals surface area contributed by atoms with E-state index in [2.05, 4.69) is 0 Å². The van der Waals surface area contributed by atoms with E-state index in [1.165, 1.54) is 0 Å². The van der Waals surface area contributed by atoms with E-state index in [0.717, 1.165) is 0 Å². The Morgan fingerprint density at radius 2 is 1.17 bits per heavy atom. The predicted octanol–water partition coefficient (Wildman–Crippen LogP) is 2.02. The number of aliphatic carboxylic acids is 1. The highest BCUT2D eigenvalue weighted by Gasteiger charge is 2.10. The zero-order valence-electron chi connectivity index (χ0n) is 6.15. The van der Waals surface area contributed by atoms with E-state index >= 15 is 0 Å². The van der Waals surface area contributed by atoms with Gasteiger partial charge in [0.05, 0.1) is 0 Å². The van der Waals surface area contributed by atoms with Gasteiger partial charge in [-0.05, 0) is 0 Å². The zero-order chi connectivity index (χ0) is 9.40. The van der Waals surface area contributed by atoms with Gasteiger partial charge in [-0.1, -0.05) is 36.4 Å². The minimum absolute atomic E-state index is 2.00. The molecule has 66 valence electrons. The van der Waals surface area contributed by atoms with E-state index < -0.39 is 12.4 Å². The number of carboxylic acids is 1. The van der Waals surface area contributed by atoms with Crippen molar-refractivity contribution in [2.45, 2.75) is 6.43 Å². The molecule has 0 unspecified atom stereocenters. The van der Waals surface area contributed by atoms with Gasteiger partial charge in [0, 0.05) is 0 Å². The summed E-state index contributed by atoms with van der Waals surface area (Å²) in [4.78, 5) is 8.95. The molecule has 0 aromatic heterocycles. The third kappa shape index (κ3) is 6.67. The van der Waals surface area contributed by atoms with Gasteiger partial charge in [-0.15, -0.1) is 0 Å². The second-order valence-electron chi connectivity index (χ2n) is 1.79. The molecule has 1 rings (SSSR count). The van der Waals surface area contributed by atoms with Crippen molar-refractivity contribution in [2.75, 3.05) is 0 Å². The third-order valence-electron chi connectivity index (χ3n) is 0.853. The van der Waals surface area contributed by atoms with Crippen LogP contribution >= 0.6 is 0 Å². The van der Waals surface area contributed by atoms with Gasteiger partial charge in [0.15, 0.2) is 0 Å². The number of carbonyl (C=O) groups is 1. The molecule has 0 radical (unpaired) electrons. The first-order valence-electron chi connectivity index (χ1n) is 3.15. The summed E-state index contributed by atoms with van der Waals surface area (Å²) in [5, 5.41) is 7.24. The Labute approximate surface area is 68.5 Å². The molecular weight excluding hydrogens is 166 g/mol. The van der Waals surface area contributed by atoms with E-state index in [4.69, 9.17) is 9.90 Å².